The molecule has 6 heteroatoms. The average Bonchev–Trinajstić information content (AvgIpc) is 3.09. The van der Waals surface area contributed by atoms with Crippen LogP contribution in [-0.2, 0) is 17.4 Å². The van der Waals surface area contributed by atoms with Crippen molar-refractivity contribution in [2.24, 2.45) is 5.41 Å². The minimum Gasteiger partial charge on any atom is -0.342 e. The van der Waals surface area contributed by atoms with E-state index in [9.17, 15) is 18.0 Å². The fourth-order valence-electron chi connectivity index (χ4n) is 4.51. The molecule has 2 heterocycles. The van der Waals surface area contributed by atoms with Crippen LogP contribution in [0.5, 0.6) is 0 Å². The molecule has 148 valence electrons. The summed E-state index contributed by atoms with van der Waals surface area (Å²) in [6, 6.07) is 13.4. The second-order valence-electron chi connectivity index (χ2n) is 7.86. The van der Waals surface area contributed by atoms with E-state index in [4.69, 9.17) is 0 Å². The number of alkyl halides is 3. The maximum atomic E-state index is 12.9. The zero-order chi connectivity index (χ0) is 19.9. The number of rotatable bonds is 2. The lowest BCUT2D eigenvalue weighted by Crippen LogP contribution is -2.44. The van der Waals surface area contributed by atoms with Crippen LogP contribution in [0.15, 0.2) is 48.5 Å². The molecule has 1 fully saturated rings. The first-order valence-corrected chi connectivity index (χ1v) is 9.62. The standard InChI is InChI=1S/C22H23F3N2O/c1-2-20(28)26-12-11-21(14-26)13-16-5-3-4-6-19(16)27(15-21)18-9-7-17(8-10-18)22(23,24)25/h3-10H,2,11-15H2,1H3. The molecule has 1 spiro atoms. The summed E-state index contributed by atoms with van der Waals surface area (Å²) < 4.78 is 38.8. The molecule has 3 nitrogen and oxygen atoms in total. The van der Waals surface area contributed by atoms with Crippen molar-refractivity contribution in [2.45, 2.75) is 32.4 Å². The molecule has 1 saturated heterocycles. The monoisotopic (exact) mass is 388 g/mol. The number of likely N-dealkylation sites (tertiary alicyclic amines) is 1. The number of carbonyl (C=O) groups is 1. The van der Waals surface area contributed by atoms with E-state index in [2.05, 4.69) is 11.0 Å². The van der Waals surface area contributed by atoms with E-state index in [1.807, 2.05) is 30.0 Å². The number of carbonyl (C=O) groups excluding carboxylic acids is 1. The summed E-state index contributed by atoms with van der Waals surface area (Å²) in [5.74, 6) is 0.164. The minimum atomic E-state index is -4.34. The highest BCUT2D eigenvalue weighted by Crippen LogP contribution is 2.45. The normalized spacial score (nSPS) is 21.9. The van der Waals surface area contributed by atoms with E-state index in [1.54, 1.807) is 12.1 Å². The molecule has 0 saturated carbocycles. The van der Waals surface area contributed by atoms with E-state index in [0.717, 1.165) is 42.9 Å². The van der Waals surface area contributed by atoms with Crippen LogP contribution in [0.3, 0.4) is 0 Å². The van der Waals surface area contributed by atoms with Crippen molar-refractivity contribution in [3.8, 4) is 0 Å². The first kappa shape index (κ1) is 18.8. The molecule has 2 aromatic carbocycles. The second kappa shape index (κ2) is 6.83. The lowest BCUT2D eigenvalue weighted by Gasteiger charge is -2.42. The van der Waals surface area contributed by atoms with E-state index in [-0.39, 0.29) is 11.3 Å². The van der Waals surface area contributed by atoms with Gasteiger partial charge in [-0.05, 0) is 48.7 Å². The molecular formula is C22H23F3N2O. The van der Waals surface area contributed by atoms with E-state index < -0.39 is 11.7 Å². The van der Waals surface area contributed by atoms with Gasteiger partial charge in [-0.15, -0.1) is 0 Å². The molecule has 0 aromatic heterocycles. The predicted octanol–water partition coefficient (Wildman–Crippen LogP) is 5.03. The van der Waals surface area contributed by atoms with E-state index >= 15 is 0 Å². The molecule has 0 N–H and O–H groups in total. The number of amides is 1. The summed E-state index contributed by atoms with van der Waals surface area (Å²) in [6.45, 7) is 4.02. The third-order valence-corrected chi connectivity index (χ3v) is 5.94. The van der Waals surface area contributed by atoms with Crippen molar-refractivity contribution < 1.29 is 18.0 Å². The number of benzene rings is 2. The Morgan fingerprint density at radius 1 is 1.07 bits per heavy atom. The minimum absolute atomic E-state index is 0.0676. The molecule has 1 amide bonds. The highest BCUT2D eigenvalue weighted by atomic mass is 19.4. The Hall–Kier alpha value is -2.50. The van der Waals surface area contributed by atoms with E-state index in [0.29, 0.717) is 19.5 Å². The molecule has 28 heavy (non-hydrogen) atoms. The number of nitrogens with zero attached hydrogens (tertiary/aromatic N) is 2. The molecule has 1 atom stereocenters. The van der Waals surface area contributed by atoms with Crippen LogP contribution < -0.4 is 4.90 Å². The zero-order valence-corrected chi connectivity index (χ0v) is 15.8. The largest absolute Gasteiger partial charge is 0.416 e. The van der Waals surface area contributed by atoms with Gasteiger partial charge in [-0.3, -0.25) is 4.79 Å². The van der Waals surface area contributed by atoms with Crippen LogP contribution in [0.1, 0.15) is 30.9 Å². The average molecular weight is 388 g/mol. The Balaban J connectivity index is 1.68. The summed E-state index contributed by atoms with van der Waals surface area (Å²) in [6.07, 6.45) is -2.06. The summed E-state index contributed by atoms with van der Waals surface area (Å²) in [5, 5.41) is 0. The van der Waals surface area contributed by atoms with Gasteiger partial charge in [0, 0.05) is 42.8 Å². The maximum absolute atomic E-state index is 12.9. The SMILES string of the molecule is CCC(=O)N1CCC2(Cc3ccccc3N(c3ccc(C(F)(F)F)cc3)C2)C1. The molecule has 4 rings (SSSR count). The second-order valence-corrected chi connectivity index (χ2v) is 7.86. The third kappa shape index (κ3) is 3.36. The van der Waals surface area contributed by atoms with Crippen LogP contribution in [0.4, 0.5) is 24.5 Å². The van der Waals surface area contributed by atoms with Crippen LogP contribution in [0, 0.1) is 5.41 Å². The van der Waals surface area contributed by atoms with Gasteiger partial charge in [-0.25, -0.2) is 0 Å². The van der Waals surface area contributed by atoms with Gasteiger partial charge in [0.15, 0.2) is 0 Å². The Bertz CT molecular complexity index is 878. The third-order valence-electron chi connectivity index (χ3n) is 5.94. The number of hydrogen-bond donors (Lipinski definition) is 0. The van der Waals surface area contributed by atoms with Crippen molar-refractivity contribution in [1.82, 2.24) is 4.90 Å². The van der Waals surface area contributed by atoms with Gasteiger partial charge in [-0.2, -0.15) is 13.2 Å². The number of halogens is 3. The Labute approximate surface area is 162 Å². The van der Waals surface area contributed by atoms with Crippen molar-refractivity contribution in [2.75, 3.05) is 24.5 Å². The first-order valence-electron chi connectivity index (χ1n) is 9.62. The Kier molecular flexibility index (Phi) is 4.60. The maximum Gasteiger partial charge on any atom is 0.416 e. The molecule has 2 aliphatic rings. The van der Waals surface area contributed by atoms with Crippen LogP contribution in [0.25, 0.3) is 0 Å². The number of hydrogen-bond acceptors (Lipinski definition) is 2. The van der Waals surface area contributed by atoms with Gasteiger partial charge in [0.25, 0.3) is 0 Å². The first-order chi connectivity index (χ1) is 13.3. The Morgan fingerprint density at radius 3 is 2.46 bits per heavy atom. The van der Waals surface area contributed by atoms with Gasteiger partial charge in [0.1, 0.15) is 0 Å². The highest BCUT2D eigenvalue weighted by Gasteiger charge is 2.44. The van der Waals surface area contributed by atoms with Gasteiger partial charge >= 0.3 is 6.18 Å². The summed E-state index contributed by atoms with van der Waals surface area (Å²) >= 11 is 0. The van der Waals surface area contributed by atoms with Crippen molar-refractivity contribution in [1.29, 1.82) is 0 Å². The molecule has 0 bridgehead atoms. The topological polar surface area (TPSA) is 23.6 Å². The number of fused-ring (bicyclic) bond motifs is 1. The molecule has 0 aliphatic carbocycles. The molecular weight excluding hydrogens is 365 g/mol. The van der Waals surface area contributed by atoms with Crippen molar-refractivity contribution in [3.63, 3.8) is 0 Å². The van der Waals surface area contributed by atoms with Gasteiger partial charge in [0.2, 0.25) is 5.91 Å². The van der Waals surface area contributed by atoms with Crippen LogP contribution in [0.2, 0.25) is 0 Å². The molecule has 2 aliphatic heterocycles. The number of anilines is 2. The van der Waals surface area contributed by atoms with Crippen molar-refractivity contribution >= 4 is 17.3 Å². The molecule has 2 aromatic rings. The smallest absolute Gasteiger partial charge is 0.342 e. The summed E-state index contributed by atoms with van der Waals surface area (Å²) in [4.78, 5) is 16.2. The predicted molar refractivity (Wildman–Crippen MR) is 103 cm³/mol. The van der Waals surface area contributed by atoms with Gasteiger partial charge in [0.05, 0.1) is 5.56 Å². The highest BCUT2D eigenvalue weighted by molar-refractivity contribution is 5.76. The lowest BCUT2D eigenvalue weighted by molar-refractivity contribution is -0.137. The van der Waals surface area contributed by atoms with Gasteiger partial charge in [-0.1, -0.05) is 25.1 Å². The van der Waals surface area contributed by atoms with Crippen LogP contribution >= 0.6 is 0 Å². The van der Waals surface area contributed by atoms with Crippen molar-refractivity contribution in [3.05, 3.63) is 59.7 Å². The Morgan fingerprint density at radius 2 is 1.79 bits per heavy atom. The zero-order valence-electron chi connectivity index (χ0n) is 15.8. The fourth-order valence-corrected chi connectivity index (χ4v) is 4.51. The molecule has 1 unspecified atom stereocenters. The van der Waals surface area contributed by atoms with Gasteiger partial charge < -0.3 is 9.80 Å². The number of para-hydroxylation sites is 1. The van der Waals surface area contributed by atoms with E-state index in [1.165, 1.54) is 5.56 Å². The summed E-state index contributed by atoms with van der Waals surface area (Å²) in [5.41, 5.74) is 2.26. The van der Waals surface area contributed by atoms with Crippen LogP contribution in [-0.4, -0.2) is 30.4 Å². The molecule has 0 radical (unpaired) electrons. The fraction of sp³-hybridized carbons (Fsp3) is 0.409. The lowest BCUT2D eigenvalue weighted by atomic mass is 9.76. The summed E-state index contributed by atoms with van der Waals surface area (Å²) in [7, 11) is 0. The quantitative estimate of drug-likeness (QED) is 0.721.